The first-order chi connectivity index (χ1) is 8.52. The highest BCUT2D eigenvalue weighted by Gasteiger charge is 2.35. The van der Waals surface area contributed by atoms with Gasteiger partial charge in [0.05, 0.1) is 12.0 Å². The van der Waals surface area contributed by atoms with Gasteiger partial charge in [0.1, 0.15) is 0 Å². The van der Waals surface area contributed by atoms with Gasteiger partial charge in [0.15, 0.2) is 0 Å². The Balaban J connectivity index is 2.55. The van der Waals surface area contributed by atoms with E-state index < -0.39 is 5.41 Å². The minimum atomic E-state index is -0.481. The van der Waals surface area contributed by atoms with Crippen molar-refractivity contribution >= 4 is 5.91 Å². The van der Waals surface area contributed by atoms with Crippen molar-refractivity contribution in [1.29, 1.82) is 0 Å². The van der Waals surface area contributed by atoms with E-state index in [0.717, 1.165) is 32.1 Å². The molecule has 0 bridgehead atoms. The van der Waals surface area contributed by atoms with E-state index in [9.17, 15) is 9.90 Å². The number of hydrogen-bond acceptors (Lipinski definition) is 3. The number of aliphatic hydroxyl groups is 1. The largest absolute Gasteiger partial charge is 0.396 e. The number of nitrogens with two attached hydrogens (primary N) is 1. The average Bonchev–Trinajstić information content (AvgIpc) is 2.44. The van der Waals surface area contributed by atoms with Crippen molar-refractivity contribution in [3.63, 3.8) is 0 Å². The van der Waals surface area contributed by atoms with Gasteiger partial charge in [-0.3, -0.25) is 4.79 Å². The zero-order chi connectivity index (χ0) is 13.6. The molecule has 1 fully saturated rings. The van der Waals surface area contributed by atoms with E-state index in [4.69, 9.17) is 5.73 Å². The maximum Gasteiger partial charge on any atom is 0.227 e. The summed E-state index contributed by atoms with van der Waals surface area (Å²) < 4.78 is 0. The molecule has 4 N–H and O–H groups in total. The molecule has 0 aliphatic heterocycles. The fourth-order valence-corrected chi connectivity index (χ4v) is 2.57. The summed E-state index contributed by atoms with van der Waals surface area (Å²) in [6.07, 6.45) is 6.30. The van der Waals surface area contributed by atoms with Crippen molar-refractivity contribution in [3.8, 4) is 0 Å². The number of amides is 1. The standard InChI is InChI=1S/C14H28N2O2/c1-3-13(2,9-15)12(18)16-10-14(11-17)7-5-4-6-8-14/h17H,3-11,15H2,1-2H3,(H,16,18). The third kappa shape index (κ3) is 3.45. The maximum atomic E-state index is 12.2. The Morgan fingerprint density at radius 1 is 1.39 bits per heavy atom. The molecule has 18 heavy (non-hydrogen) atoms. The van der Waals surface area contributed by atoms with Crippen molar-refractivity contribution < 1.29 is 9.90 Å². The fraction of sp³-hybridized carbons (Fsp3) is 0.929. The molecule has 1 saturated carbocycles. The van der Waals surface area contributed by atoms with Crippen molar-refractivity contribution in [3.05, 3.63) is 0 Å². The Kier molecular flexibility index (Phi) is 5.60. The molecule has 1 atom stereocenters. The number of aliphatic hydroxyl groups excluding tert-OH is 1. The van der Waals surface area contributed by atoms with Crippen molar-refractivity contribution in [2.45, 2.75) is 52.4 Å². The van der Waals surface area contributed by atoms with Gasteiger partial charge in [-0.05, 0) is 26.2 Å². The molecule has 1 rings (SSSR count). The predicted molar refractivity (Wildman–Crippen MR) is 73.1 cm³/mol. The lowest BCUT2D eigenvalue weighted by atomic mass is 9.74. The quantitative estimate of drug-likeness (QED) is 0.673. The molecule has 0 aromatic heterocycles. The lowest BCUT2D eigenvalue weighted by Gasteiger charge is -2.37. The highest BCUT2D eigenvalue weighted by Crippen LogP contribution is 2.35. The highest BCUT2D eigenvalue weighted by atomic mass is 16.3. The zero-order valence-corrected chi connectivity index (χ0v) is 11.8. The summed E-state index contributed by atoms with van der Waals surface area (Å²) in [7, 11) is 0. The van der Waals surface area contributed by atoms with Gasteiger partial charge in [0.25, 0.3) is 0 Å². The summed E-state index contributed by atoms with van der Waals surface area (Å²) in [6.45, 7) is 4.99. The Labute approximate surface area is 110 Å². The topological polar surface area (TPSA) is 75.4 Å². The summed E-state index contributed by atoms with van der Waals surface area (Å²) in [5, 5.41) is 12.6. The minimum Gasteiger partial charge on any atom is -0.396 e. The summed E-state index contributed by atoms with van der Waals surface area (Å²) in [5.41, 5.74) is 5.10. The molecule has 106 valence electrons. The molecule has 0 aromatic rings. The molecular formula is C14H28N2O2. The number of carbonyl (C=O) groups is 1. The molecule has 0 radical (unpaired) electrons. The van der Waals surface area contributed by atoms with Crippen LogP contribution in [0.5, 0.6) is 0 Å². The van der Waals surface area contributed by atoms with Gasteiger partial charge in [-0.2, -0.15) is 0 Å². The van der Waals surface area contributed by atoms with Crippen LogP contribution >= 0.6 is 0 Å². The summed E-state index contributed by atoms with van der Waals surface area (Å²) in [5.74, 6) is 0.0194. The van der Waals surface area contributed by atoms with Crippen LogP contribution in [0.15, 0.2) is 0 Å². The van der Waals surface area contributed by atoms with Crippen LogP contribution in [-0.2, 0) is 4.79 Å². The van der Waals surface area contributed by atoms with Crippen LogP contribution in [0.1, 0.15) is 52.4 Å². The lowest BCUT2D eigenvalue weighted by Crippen LogP contribution is -2.48. The van der Waals surface area contributed by atoms with Crippen LogP contribution in [0.3, 0.4) is 0 Å². The number of rotatable bonds is 6. The van der Waals surface area contributed by atoms with E-state index in [2.05, 4.69) is 5.32 Å². The van der Waals surface area contributed by atoms with E-state index >= 15 is 0 Å². The van der Waals surface area contributed by atoms with Crippen LogP contribution in [0.25, 0.3) is 0 Å². The molecule has 4 heteroatoms. The monoisotopic (exact) mass is 256 g/mol. The lowest BCUT2D eigenvalue weighted by molar-refractivity contribution is -0.130. The Morgan fingerprint density at radius 3 is 2.44 bits per heavy atom. The van der Waals surface area contributed by atoms with Crippen LogP contribution in [-0.4, -0.2) is 30.7 Å². The van der Waals surface area contributed by atoms with Gasteiger partial charge in [-0.1, -0.05) is 26.2 Å². The molecule has 0 saturated heterocycles. The Hall–Kier alpha value is -0.610. The third-order valence-corrected chi connectivity index (χ3v) is 4.65. The Morgan fingerprint density at radius 2 is 2.00 bits per heavy atom. The molecule has 1 amide bonds. The van der Waals surface area contributed by atoms with Gasteiger partial charge in [0, 0.05) is 18.5 Å². The fourth-order valence-electron chi connectivity index (χ4n) is 2.57. The first-order valence-corrected chi connectivity index (χ1v) is 7.11. The minimum absolute atomic E-state index is 0.0194. The SMILES string of the molecule is CCC(C)(CN)C(=O)NCC1(CO)CCCCC1. The summed E-state index contributed by atoms with van der Waals surface area (Å²) in [4.78, 5) is 12.2. The van der Waals surface area contributed by atoms with Crippen LogP contribution in [0.2, 0.25) is 0 Å². The highest BCUT2D eigenvalue weighted by molar-refractivity contribution is 5.82. The second-order valence-electron chi connectivity index (χ2n) is 6.02. The number of hydrogen-bond donors (Lipinski definition) is 3. The average molecular weight is 256 g/mol. The Bertz CT molecular complexity index is 269. The molecule has 1 unspecified atom stereocenters. The first kappa shape index (κ1) is 15.4. The van der Waals surface area contributed by atoms with E-state index in [0.29, 0.717) is 13.1 Å². The molecule has 1 aliphatic rings. The van der Waals surface area contributed by atoms with Crippen LogP contribution < -0.4 is 11.1 Å². The number of carbonyl (C=O) groups excluding carboxylic acids is 1. The second kappa shape index (κ2) is 6.53. The van der Waals surface area contributed by atoms with Gasteiger partial charge in [-0.25, -0.2) is 0 Å². The van der Waals surface area contributed by atoms with Crippen molar-refractivity contribution in [1.82, 2.24) is 5.32 Å². The van der Waals surface area contributed by atoms with Gasteiger partial charge in [-0.15, -0.1) is 0 Å². The number of nitrogens with one attached hydrogen (secondary N) is 1. The van der Waals surface area contributed by atoms with E-state index in [-0.39, 0.29) is 17.9 Å². The molecule has 4 nitrogen and oxygen atoms in total. The zero-order valence-electron chi connectivity index (χ0n) is 11.8. The molecule has 0 heterocycles. The van der Waals surface area contributed by atoms with Crippen LogP contribution in [0, 0.1) is 10.8 Å². The van der Waals surface area contributed by atoms with Gasteiger partial charge < -0.3 is 16.2 Å². The normalized spacial score (nSPS) is 22.2. The molecule has 1 aliphatic carbocycles. The van der Waals surface area contributed by atoms with Gasteiger partial charge in [0.2, 0.25) is 5.91 Å². The van der Waals surface area contributed by atoms with Crippen LogP contribution in [0.4, 0.5) is 0 Å². The van der Waals surface area contributed by atoms with Gasteiger partial charge >= 0.3 is 0 Å². The maximum absolute atomic E-state index is 12.2. The smallest absolute Gasteiger partial charge is 0.227 e. The molecule has 0 spiro atoms. The predicted octanol–water partition coefficient (Wildman–Crippen LogP) is 1.42. The summed E-state index contributed by atoms with van der Waals surface area (Å²) in [6, 6.07) is 0. The molecule has 0 aromatic carbocycles. The third-order valence-electron chi connectivity index (χ3n) is 4.65. The molecular weight excluding hydrogens is 228 g/mol. The first-order valence-electron chi connectivity index (χ1n) is 7.11. The van der Waals surface area contributed by atoms with E-state index in [1.54, 1.807) is 0 Å². The summed E-state index contributed by atoms with van der Waals surface area (Å²) >= 11 is 0. The van der Waals surface area contributed by atoms with Crippen molar-refractivity contribution in [2.24, 2.45) is 16.6 Å². The van der Waals surface area contributed by atoms with E-state index in [1.165, 1.54) is 6.42 Å². The van der Waals surface area contributed by atoms with Crippen molar-refractivity contribution in [2.75, 3.05) is 19.7 Å². The van der Waals surface area contributed by atoms with E-state index in [1.807, 2.05) is 13.8 Å². The second-order valence-corrected chi connectivity index (χ2v) is 6.02.